The monoisotopic (exact) mass is 419 g/mol. The summed E-state index contributed by atoms with van der Waals surface area (Å²) in [7, 11) is 0. The van der Waals surface area contributed by atoms with Gasteiger partial charge in [-0.25, -0.2) is 9.18 Å². The molecule has 29 heavy (non-hydrogen) atoms. The first-order valence-corrected chi connectivity index (χ1v) is 10.4. The van der Waals surface area contributed by atoms with E-state index in [1.54, 1.807) is 44.0 Å². The summed E-state index contributed by atoms with van der Waals surface area (Å²) < 4.78 is 13.5. The molecule has 0 radical (unpaired) electrons. The van der Waals surface area contributed by atoms with E-state index in [9.17, 15) is 14.0 Å². The Balaban J connectivity index is 1.65. The zero-order chi connectivity index (χ0) is 21.2. The molecule has 0 aliphatic carbocycles. The Labute approximate surface area is 173 Å². The number of carbonyl (C=O) groups excluding carboxylic acids is 2. The number of carbonyl (C=O) groups is 2. The van der Waals surface area contributed by atoms with Crippen LogP contribution in [-0.4, -0.2) is 36.1 Å². The van der Waals surface area contributed by atoms with Crippen molar-refractivity contribution in [2.24, 2.45) is 5.41 Å². The topological polar surface area (TPSA) is 84.7 Å². The third kappa shape index (κ3) is 5.33. The molecular weight excluding hydrogens is 393 g/mol. The molecule has 1 aromatic carbocycles. The number of hydrogen-bond acceptors (Lipinski definition) is 6. The number of nitrogen functional groups attached to an aromatic ring is 1. The molecule has 1 amide bonds. The molecule has 3 rings (SSSR count). The number of piperidine rings is 1. The number of nitrogens with zero attached hydrogens (tertiary/aromatic N) is 1. The van der Waals surface area contributed by atoms with Gasteiger partial charge in [-0.05, 0) is 57.4 Å². The van der Waals surface area contributed by atoms with E-state index in [1.165, 1.54) is 23.5 Å². The van der Waals surface area contributed by atoms with Gasteiger partial charge in [0.15, 0.2) is 0 Å². The molecule has 2 aromatic rings. The Hall–Kier alpha value is -2.45. The second kappa shape index (κ2) is 8.51. The summed E-state index contributed by atoms with van der Waals surface area (Å²) in [6.45, 7) is 6.46. The van der Waals surface area contributed by atoms with Crippen molar-refractivity contribution in [1.29, 1.82) is 0 Å². The van der Waals surface area contributed by atoms with E-state index in [0.29, 0.717) is 29.2 Å². The first kappa shape index (κ1) is 21.3. The van der Waals surface area contributed by atoms with Crippen LogP contribution in [0, 0.1) is 11.2 Å². The molecule has 0 saturated carbocycles. The fraction of sp³-hybridized carbons (Fsp3) is 0.429. The minimum Gasteiger partial charge on any atom is -0.397 e. The van der Waals surface area contributed by atoms with Gasteiger partial charge in [-0.2, -0.15) is 0 Å². The van der Waals surface area contributed by atoms with Crippen LogP contribution in [0.1, 0.15) is 43.3 Å². The van der Waals surface area contributed by atoms with Crippen LogP contribution in [-0.2, 0) is 9.63 Å². The second-order valence-corrected chi connectivity index (χ2v) is 9.29. The molecule has 2 heterocycles. The van der Waals surface area contributed by atoms with Crippen molar-refractivity contribution >= 4 is 28.9 Å². The van der Waals surface area contributed by atoms with E-state index in [-0.39, 0.29) is 23.7 Å². The maximum absolute atomic E-state index is 13.5. The molecule has 8 heteroatoms. The summed E-state index contributed by atoms with van der Waals surface area (Å²) in [5.74, 6) is -0.913. The molecule has 0 bridgehead atoms. The number of amides is 1. The highest BCUT2D eigenvalue weighted by atomic mass is 32.1. The summed E-state index contributed by atoms with van der Waals surface area (Å²) >= 11 is 1.23. The maximum Gasteiger partial charge on any atom is 0.330 e. The first-order valence-electron chi connectivity index (χ1n) is 9.57. The van der Waals surface area contributed by atoms with Crippen molar-refractivity contribution in [2.45, 2.75) is 39.7 Å². The summed E-state index contributed by atoms with van der Waals surface area (Å²) in [6, 6.07) is 7.72. The molecule has 1 aliphatic heterocycles. The SMILES string of the molecule is CC(C)(C)C(=O)ON1CCC[C@H](NC(=O)c2sc(-c3cccc(F)c3)cc2N)C1. The lowest BCUT2D eigenvalue weighted by Crippen LogP contribution is -2.49. The molecule has 0 unspecified atom stereocenters. The average Bonchev–Trinajstić information content (AvgIpc) is 3.03. The Kier molecular flexibility index (Phi) is 6.24. The Morgan fingerprint density at radius 2 is 2.07 bits per heavy atom. The smallest absolute Gasteiger partial charge is 0.330 e. The zero-order valence-corrected chi connectivity index (χ0v) is 17.6. The Morgan fingerprint density at radius 1 is 1.31 bits per heavy atom. The lowest BCUT2D eigenvalue weighted by molar-refractivity contribution is -0.205. The van der Waals surface area contributed by atoms with E-state index >= 15 is 0 Å². The zero-order valence-electron chi connectivity index (χ0n) is 16.8. The first-order chi connectivity index (χ1) is 13.6. The van der Waals surface area contributed by atoms with E-state index < -0.39 is 5.41 Å². The molecule has 1 saturated heterocycles. The van der Waals surface area contributed by atoms with E-state index in [0.717, 1.165) is 17.7 Å². The maximum atomic E-state index is 13.5. The average molecular weight is 420 g/mol. The normalized spacial score (nSPS) is 17.7. The molecule has 1 fully saturated rings. The molecule has 6 nitrogen and oxygen atoms in total. The molecule has 1 aromatic heterocycles. The highest BCUT2D eigenvalue weighted by Crippen LogP contribution is 2.33. The number of nitrogens with one attached hydrogen (secondary N) is 1. The number of anilines is 1. The Morgan fingerprint density at radius 3 is 2.76 bits per heavy atom. The Bertz CT molecular complexity index is 907. The lowest BCUT2D eigenvalue weighted by Gasteiger charge is -2.33. The van der Waals surface area contributed by atoms with Crippen LogP contribution in [0.4, 0.5) is 10.1 Å². The van der Waals surface area contributed by atoms with Crippen molar-refractivity contribution < 1.29 is 18.8 Å². The summed E-state index contributed by atoms with van der Waals surface area (Å²) in [6.07, 6.45) is 1.59. The third-order valence-electron chi connectivity index (χ3n) is 4.62. The van der Waals surface area contributed by atoms with Crippen LogP contribution in [0.3, 0.4) is 0 Å². The highest BCUT2D eigenvalue weighted by Gasteiger charge is 2.30. The molecular formula is C21H26FN3O3S. The van der Waals surface area contributed by atoms with Gasteiger partial charge in [-0.1, -0.05) is 12.1 Å². The molecule has 1 atom stereocenters. The van der Waals surface area contributed by atoms with Crippen LogP contribution in [0.5, 0.6) is 0 Å². The van der Waals surface area contributed by atoms with Gasteiger partial charge in [0.05, 0.1) is 17.6 Å². The predicted molar refractivity (Wildman–Crippen MR) is 112 cm³/mol. The fourth-order valence-electron chi connectivity index (χ4n) is 3.01. The van der Waals surface area contributed by atoms with Gasteiger partial charge in [0.1, 0.15) is 10.7 Å². The summed E-state index contributed by atoms with van der Waals surface area (Å²) in [5.41, 5.74) is 6.49. The van der Waals surface area contributed by atoms with Crippen molar-refractivity contribution in [1.82, 2.24) is 10.4 Å². The van der Waals surface area contributed by atoms with Crippen LogP contribution in [0.25, 0.3) is 10.4 Å². The fourth-order valence-corrected chi connectivity index (χ4v) is 3.99. The third-order valence-corrected chi connectivity index (χ3v) is 5.82. The van der Waals surface area contributed by atoms with Crippen LogP contribution < -0.4 is 11.1 Å². The number of nitrogens with two attached hydrogens (primary N) is 1. The van der Waals surface area contributed by atoms with Crippen LogP contribution >= 0.6 is 11.3 Å². The van der Waals surface area contributed by atoms with E-state index in [4.69, 9.17) is 10.6 Å². The number of hydrogen-bond donors (Lipinski definition) is 2. The van der Waals surface area contributed by atoms with E-state index in [2.05, 4.69) is 5.32 Å². The number of rotatable bonds is 4. The number of hydroxylamine groups is 2. The molecule has 156 valence electrons. The van der Waals surface area contributed by atoms with Gasteiger partial charge in [0, 0.05) is 17.5 Å². The van der Waals surface area contributed by atoms with Crippen LogP contribution in [0.15, 0.2) is 30.3 Å². The second-order valence-electron chi connectivity index (χ2n) is 8.23. The van der Waals surface area contributed by atoms with Gasteiger partial charge >= 0.3 is 5.97 Å². The van der Waals surface area contributed by atoms with E-state index in [1.807, 2.05) is 0 Å². The molecule has 1 aliphatic rings. The summed E-state index contributed by atoms with van der Waals surface area (Å²) in [4.78, 5) is 31.4. The number of halogens is 1. The van der Waals surface area contributed by atoms with Gasteiger partial charge < -0.3 is 15.9 Å². The van der Waals surface area contributed by atoms with Crippen molar-refractivity contribution in [3.05, 3.63) is 41.0 Å². The minimum absolute atomic E-state index is 0.150. The van der Waals surface area contributed by atoms with Crippen molar-refractivity contribution in [3.63, 3.8) is 0 Å². The number of benzene rings is 1. The van der Waals surface area contributed by atoms with Gasteiger partial charge in [-0.3, -0.25) is 4.79 Å². The molecule has 0 spiro atoms. The minimum atomic E-state index is -0.588. The summed E-state index contributed by atoms with van der Waals surface area (Å²) in [5, 5.41) is 4.59. The predicted octanol–water partition coefficient (Wildman–Crippen LogP) is 3.83. The van der Waals surface area contributed by atoms with Crippen LogP contribution in [0.2, 0.25) is 0 Å². The van der Waals surface area contributed by atoms with Crippen molar-refractivity contribution in [2.75, 3.05) is 18.8 Å². The standard InChI is InChI=1S/C21H26FN3O3S/c1-21(2,3)20(27)28-25-9-5-8-15(12-25)24-19(26)18-16(23)11-17(29-18)13-6-4-7-14(22)10-13/h4,6-7,10-11,15H,5,8-9,12,23H2,1-3H3,(H,24,26)/t15-/m0/s1. The molecule has 3 N–H and O–H groups in total. The van der Waals surface area contributed by atoms with Gasteiger partial charge in [0.25, 0.3) is 5.91 Å². The largest absolute Gasteiger partial charge is 0.397 e. The quantitative estimate of drug-likeness (QED) is 0.787. The number of thiophene rings is 1. The van der Waals surface area contributed by atoms with Crippen molar-refractivity contribution in [3.8, 4) is 10.4 Å². The van der Waals surface area contributed by atoms with Gasteiger partial charge in [0.2, 0.25) is 0 Å². The highest BCUT2D eigenvalue weighted by molar-refractivity contribution is 7.18. The van der Waals surface area contributed by atoms with Gasteiger partial charge in [-0.15, -0.1) is 16.4 Å². The lowest BCUT2D eigenvalue weighted by atomic mass is 9.98.